The first-order chi connectivity index (χ1) is 22.2. The van der Waals surface area contributed by atoms with E-state index in [9.17, 15) is 22.4 Å². The van der Waals surface area contributed by atoms with Crippen LogP contribution in [-0.2, 0) is 17.3 Å². The summed E-state index contributed by atoms with van der Waals surface area (Å²) in [7, 11) is 0. The molecule has 1 saturated heterocycles. The normalized spacial score (nSPS) is 13.9. The van der Waals surface area contributed by atoms with E-state index in [4.69, 9.17) is 9.72 Å². The maximum absolute atomic E-state index is 13.9. The summed E-state index contributed by atoms with van der Waals surface area (Å²) < 4.78 is 59.3. The SMILES string of the molecule is O=C(Nc1ccc(-c2n[nH]c3nc(NCCN4CCOCC4)nc(Cc4ccccc4)c23)cc1)Nc1cccc(F)c1C(F)(F)F. The van der Waals surface area contributed by atoms with Gasteiger partial charge in [0.15, 0.2) is 5.65 Å². The summed E-state index contributed by atoms with van der Waals surface area (Å²) >= 11 is 0. The van der Waals surface area contributed by atoms with E-state index in [1.54, 1.807) is 24.3 Å². The number of nitrogens with one attached hydrogen (secondary N) is 4. The van der Waals surface area contributed by atoms with E-state index < -0.39 is 29.3 Å². The number of ether oxygens (including phenoxy) is 1. The predicted octanol–water partition coefficient (Wildman–Crippen LogP) is 6.16. The number of rotatable bonds is 9. The van der Waals surface area contributed by atoms with Crippen molar-refractivity contribution in [1.29, 1.82) is 0 Å². The molecule has 0 unspecified atom stereocenters. The third kappa shape index (κ3) is 7.24. The molecule has 10 nitrogen and oxygen atoms in total. The minimum atomic E-state index is -4.98. The van der Waals surface area contributed by atoms with Crippen LogP contribution in [0, 0.1) is 5.82 Å². The van der Waals surface area contributed by atoms with Crippen molar-refractivity contribution in [3.05, 3.63) is 95.4 Å². The molecule has 46 heavy (non-hydrogen) atoms. The number of amides is 2. The van der Waals surface area contributed by atoms with Crippen LogP contribution in [0.15, 0.2) is 72.8 Å². The number of benzene rings is 3. The van der Waals surface area contributed by atoms with E-state index >= 15 is 0 Å². The average molecular weight is 635 g/mol. The molecule has 0 bridgehead atoms. The fraction of sp³-hybridized carbons (Fsp3) is 0.250. The molecule has 1 aliphatic rings. The molecular formula is C32H30F4N8O2. The van der Waals surface area contributed by atoms with Crippen LogP contribution in [0.1, 0.15) is 16.8 Å². The molecule has 5 aromatic rings. The van der Waals surface area contributed by atoms with Crippen LogP contribution in [0.25, 0.3) is 22.3 Å². The number of morpholine rings is 1. The summed E-state index contributed by atoms with van der Waals surface area (Å²) in [5, 5.41) is 16.2. The van der Waals surface area contributed by atoms with Crippen LogP contribution in [0.4, 0.5) is 39.7 Å². The van der Waals surface area contributed by atoms with Crippen LogP contribution in [0.5, 0.6) is 0 Å². The first-order valence-electron chi connectivity index (χ1n) is 14.6. The number of alkyl halides is 3. The molecule has 0 saturated carbocycles. The highest BCUT2D eigenvalue weighted by atomic mass is 19.4. The number of hydrogen-bond donors (Lipinski definition) is 4. The molecular weight excluding hydrogens is 604 g/mol. The lowest BCUT2D eigenvalue weighted by atomic mass is 10.0. The number of nitrogens with zero attached hydrogens (tertiary/aromatic N) is 4. The number of carbonyl (C=O) groups is 1. The van der Waals surface area contributed by atoms with Crippen LogP contribution in [0.3, 0.4) is 0 Å². The largest absolute Gasteiger partial charge is 0.421 e. The zero-order chi connectivity index (χ0) is 32.1. The Kier molecular flexibility index (Phi) is 9.08. The van der Waals surface area contributed by atoms with Crippen molar-refractivity contribution in [2.45, 2.75) is 12.6 Å². The summed E-state index contributed by atoms with van der Waals surface area (Å²) in [6.45, 7) is 4.71. The van der Waals surface area contributed by atoms with E-state index in [1.807, 2.05) is 30.3 Å². The Bertz CT molecular complexity index is 1810. The Labute approximate surface area is 261 Å². The van der Waals surface area contributed by atoms with Gasteiger partial charge in [-0.3, -0.25) is 10.00 Å². The van der Waals surface area contributed by atoms with E-state index in [0.29, 0.717) is 47.6 Å². The quantitative estimate of drug-likeness (QED) is 0.144. The highest BCUT2D eigenvalue weighted by molar-refractivity contribution is 6.00. The molecule has 3 heterocycles. The van der Waals surface area contributed by atoms with Gasteiger partial charge in [-0.05, 0) is 29.8 Å². The summed E-state index contributed by atoms with van der Waals surface area (Å²) in [6.07, 6.45) is -4.45. The number of hydrogen-bond acceptors (Lipinski definition) is 7. The van der Waals surface area contributed by atoms with E-state index in [-0.39, 0.29) is 0 Å². The molecule has 0 aliphatic carbocycles. The molecule has 0 atom stereocenters. The average Bonchev–Trinajstić information content (AvgIpc) is 3.46. The second kappa shape index (κ2) is 13.5. The summed E-state index contributed by atoms with van der Waals surface area (Å²) in [5.74, 6) is -0.994. The molecule has 0 radical (unpaired) electrons. The third-order valence-corrected chi connectivity index (χ3v) is 7.49. The highest BCUT2D eigenvalue weighted by Crippen LogP contribution is 2.37. The zero-order valence-corrected chi connectivity index (χ0v) is 24.5. The van der Waals surface area contributed by atoms with Crippen LogP contribution in [-0.4, -0.2) is 70.5 Å². The molecule has 0 spiro atoms. The second-order valence-corrected chi connectivity index (χ2v) is 10.6. The Morgan fingerprint density at radius 3 is 2.43 bits per heavy atom. The maximum Gasteiger partial charge on any atom is 0.421 e. The molecule has 6 rings (SSSR count). The van der Waals surface area contributed by atoms with Gasteiger partial charge < -0.3 is 20.7 Å². The van der Waals surface area contributed by atoms with Gasteiger partial charge in [0.05, 0.1) is 30.0 Å². The summed E-state index contributed by atoms with van der Waals surface area (Å²) in [6, 6.07) is 18.3. The smallest absolute Gasteiger partial charge is 0.379 e. The predicted molar refractivity (Wildman–Crippen MR) is 166 cm³/mol. The summed E-state index contributed by atoms with van der Waals surface area (Å²) in [4.78, 5) is 24.4. The van der Waals surface area contributed by atoms with Gasteiger partial charge in [0.2, 0.25) is 5.95 Å². The maximum atomic E-state index is 13.9. The summed E-state index contributed by atoms with van der Waals surface area (Å²) in [5.41, 5.74) is 1.76. The fourth-order valence-electron chi connectivity index (χ4n) is 5.27. The molecule has 1 aliphatic heterocycles. The monoisotopic (exact) mass is 634 g/mol. The third-order valence-electron chi connectivity index (χ3n) is 7.49. The second-order valence-electron chi connectivity index (χ2n) is 10.6. The Morgan fingerprint density at radius 2 is 1.70 bits per heavy atom. The van der Waals surface area contributed by atoms with Crippen molar-refractivity contribution in [2.75, 3.05) is 55.3 Å². The fourth-order valence-corrected chi connectivity index (χ4v) is 5.27. The number of H-pyrrole nitrogens is 1. The lowest BCUT2D eigenvalue weighted by molar-refractivity contribution is -0.139. The number of anilines is 3. The highest BCUT2D eigenvalue weighted by Gasteiger charge is 2.37. The molecule has 4 N–H and O–H groups in total. The number of fused-ring (bicyclic) bond motifs is 1. The molecule has 2 aromatic heterocycles. The number of aromatic nitrogens is 4. The van der Waals surface area contributed by atoms with E-state index in [2.05, 4.69) is 36.0 Å². The van der Waals surface area contributed by atoms with Crippen molar-refractivity contribution < 1.29 is 27.1 Å². The topological polar surface area (TPSA) is 120 Å². The van der Waals surface area contributed by atoms with Crippen molar-refractivity contribution in [3.63, 3.8) is 0 Å². The van der Waals surface area contributed by atoms with Crippen molar-refractivity contribution in [3.8, 4) is 11.3 Å². The first kappa shape index (κ1) is 30.9. The van der Waals surface area contributed by atoms with E-state index in [0.717, 1.165) is 61.6 Å². The van der Waals surface area contributed by atoms with Gasteiger partial charge in [-0.1, -0.05) is 48.5 Å². The Morgan fingerprint density at radius 1 is 0.935 bits per heavy atom. The number of carbonyl (C=O) groups excluding carboxylic acids is 1. The number of urea groups is 1. The zero-order valence-electron chi connectivity index (χ0n) is 24.5. The lowest BCUT2D eigenvalue weighted by Gasteiger charge is -2.26. The Balaban J connectivity index is 1.21. The standard InChI is InChI=1S/C32H30F4N8O2/c33-23-7-4-8-24(27(23)32(34,35)36)40-31(45)38-22-11-9-21(10-12-22)28-26-25(19-20-5-2-1-3-6-20)39-30(41-29(26)43-42-28)37-13-14-44-15-17-46-18-16-44/h1-12H,13-19H2,(H2,38,40,45)(H2,37,39,41,42,43). The van der Waals surface area contributed by atoms with Gasteiger partial charge in [-0.2, -0.15) is 23.3 Å². The first-order valence-corrected chi connectivity index (χ1v) is 14.6. The molecule has 3 aromatic carbocycles. The van der Waals surface area contributed by atoms with Gasteiger partial charge in [-0.25, -0.2) is 14.2 Å². The van der Waals surface area contributed by atoms with Crippen LogP contribution < -0.4 is 16.0 Å². The molecule has 14 heteroatoms. The van der Waals surface area contributed by atoms with Gasteiger partial charge in [0, 0.05) is 43.9 Å². The van der Waals surface area contributed by atoms with Crippen molar-refractivity contribution in [2.24, 2.45) is 0 Å². The molecule has 2 amide bonds. The van der Waals surface area contributed by atoms with Crippen LogP contribution in [0.2, 0.25) is 0 Å². The van der Waals surface area contributed by atoms with Crippen molar-refractivity contribution in [1.82, 2.24) is 25.1 Å². The van der Waals surface area contributed by atoms with Gasteiger partial charge >= 0.3 is 12.2 Å². The van der Waals surface area contributed by atoms with Gasteiger partial charge in [-0.15, -0.1) is 0 Å². The molecule has 238 valence electrons. The number of halogens is 4. The van der Waals surface area contributed by atoms with Crippen molar-refractivity contribution >= 4 is 34.4 Å². The minimum absolute atomic E-state index is 0.304. The lowest BCUT2D eigenvalue weighted by Crippen LogP contribution is -2.39. The Hall–Kier alpha value is -5.08. The van der Waals surface area contributed by atoms with Gasteiger partial charge in [0.25, 0.3) is 0 Å². The minimum Gasteiger partial charge on any atom is -0.379 e. The molecule has 1 fully saturated rings. The van der Waals surface area contributed by atoms with Gasteiger partial charge in [0.1, 0.15) is 17.1 Å². The number of aromatic amines is 1. The van der Waals surface area contributed by atoms with E-state index in [1.165, 1.54) is 0 Å². The van der Waals surface area contributed by atoms with Crippen LogP contribution >= 0.6 is 0 Å².